The fourth-order valence-electron chi connectivity index (χ4n) is 2.71. The molecule has 21 heavy (non-hydrogen) atoms. The van der Waals surface area contributed by atoms with E-state index in [-0.39, 0.29) is 5.54 Å². The molecule has 2 aromatic carbocycles. The van der Waals surface area contributed by atoms with Crippen LogP contribution < -0.4 is 4.74 Å². The van der Waals surface area contributed by atoms with Gasteiger partial charge >= 0.3 is 0 Å². The summed E-state index contributed by atoms with van der Waals surface area (Å²) in [5.74, 6) is 0.852. The lowest BCUT2D eigenvalue weighted by atomic mass is 9.94. The van der Waals surface area contributed by atoms with Crippen molar-refractivity contribution in [2.24, 2.45) is 0 Å². The standard InChI is InChI=1S/C18H21NO2/c1-17(2,3)19-18(21-19,14-8-6-5-7-9-14)15-10-12-16(20-4)13-11-15/h5-13H,1-4H3/t18-,19?/m1/s1. The Kier molecular flexibility index (Phi) is 3.27. The third-order valence-electron chi connectivity index (χ3n) is 3.73. The second kappa shape index (κ2) is 4.86. The van der Waals surface area contributed by atoms with Crippen molar-refractivity contribution in [1.29, 1.82) is 0 Å². The maximum atomic E-state index is 6.11. The highest BCUT2D eigenvalue weighted by molar-refractivity contribution is 5.41. The highest BCUT2D eigenvalue weighted by Crippen LogP contribution is 2.54. The van der Waals surface area contributed by atoms with Crippen molar-refractivity contribution in [2.75, 3.05) is 7.11 Å². The molecule has 3 nitrogen and oxygen atoms in total. The third-order valence-corrected chi connectivity index (χ3v) is 3.73. The zero-order valence-corrected chi connectivity index (χ0v) is 13.0. The van der Waals surface area contributed by atoms with Crippen molar-refractivity contribution in [2.45, 2.75) is 32.0 Å². The molecule has 1 unspecified atom stereocenters. The summed E-state index contributed by atoms with van der Waals surface area (Å²) in [5.41, 5.74) is 1.69. The van der Waals surface area contributed by atoms with Gasteiger partial charge in [-0.25, -0.2) is 0 Å². The van der Waals surface area contributed by atoms with Crippen molar-refractivity contribution in [3.63, 3.8) is 0 Å². The van der Waals surface area contributed by atoms with Crippen LogP contribution in [0.15, 0.2) is 54.6 Å². The van der Waals surface area contributed by atoms with E-state index >= 15 is 0 Å². The van der Waals surface area contributed by atoms with Crippen molar-refractivity contribution in [3.8, 4) is 5.75 Å². The first-order valence-corrected chi connectivity index (χ1v) is 7.18. The van der Waals surface area contributed by atoms with E-state index in [4.69, 9.17) is 9.57 Å². The Bertz CT molecular complexity index is 616. The van der Waals surface area contributed by atoms with E-state index in [1.54, 1.807) is 7.11 Å². The summed E-state index contributed by atoms with van der Waals surface area (Å²) < 4.78 is 5.25. The first-order valence-electron chi connectivity index (χ1n) is 7.18. The minimum atomic E-state index is -0.494. The lowest BCUT2D eigenvalue weighted by molar-refractivity contribution is 0.101. The second-order valence-electron chi connectivity index (χ2n) is 6.30. The number of nitrogens with zero attached hydrogens (tertiary/aromatic N) is 1. The number of ether oxygens (including phenoxy) is 1. The van der Waals surface area contributed by atoms with Gasteiger partial charge in [0.05, 0.1) is 7.11 Å². The van der Waals surface area contributed by atoms with Crippen LogP contribution in [0.2, 0.25) is 0 Å². The fraction of sp³-hybridized carbons (Fsp3) is 0.333. The largest absolute Gasteiger partial charge is 0.497 e. The van der Waals surface area contributed by atoms with Gasteiger partial charge in [-0.05, 0) is 32.9 Å². The number of hydroxylamine groups is 2. The van der Waals surface area contributed by atoms with Gasteiger partial charge in [0.25, 0.3) is 0 Å². The average molecular weight is 283 g/mol. The zero-order valence-electron chi connectivity index (χ0n) is 13.0. The molecule has 0 aromatic heterocycles. The summed E-state index contributed by atoms with van der Waals surface area (Å²) in [4.78, 5) is 6.11. The molecule has 2 atom stereocenters. The molecule has 2 aromatic rings. The van der Waals surface area contributed by atoms with Gasteiger partial charge in [0.1, 0.15) is 5.75 Å². The molecule has 3 heteroatoms. The molecular formula is C18H21NO2. The number of hydrogen-bond acceptors (Lipinski definition) is 3. The average Bonchev–Trinajstić information content (AvgIpc) is 3.25. The molecule has 0 bridgehead atoms. The van der Waals surface area contributed by atoms with Gasteiger partial charge in [0, 0.05) is 16.7 Å². The minimum absolute atomic E-state index is 0.0736. The highest BCUT2D eigenvalue weighted by atomic mass is 16.9. The lowest BCUT2D eigenvalue weighted by Gasteiger charge is -2.22. The summed E-state index contributed by atoms with van der Waals surface area (Å²) in [6.45, 7) is 6.46. The fourth-order valence-corrected chi connectivity index (χ4v) is 2.71. The van der Waals surface area contributed by atoms with Crippen LogP contribution in [0.4, 0.5) is 0 Å². The number of methoxy groups -OCH3 is 1. The van der Waals surface area contributed by atoms with Crippen LogP contribution in [0, 0.1) is 0 Å². The number of benzene rings is 2. The Balaban J connectivity index is 2.06. The van der Waals surface area contributed by atoms with Gasteiger partial charge in [-0.3, -0.25) is 4.84 Å². The van der Waals surface area contributed by atoms with Crippen molar-refractivity contribution >= 4 is 0 Å². The summed E-state index contributed by atoms with van der Waals surface area (Å²) >= 11 is 0. The van der Waals surface area contributed by atoms with E-state index in [0.29, 0.717) is 0 Å². The van der Waals surface area contributed by atoms with E-state index in [2.05, 4.69) is 50.1 Å². The van der Waals surface area contributed by atoms with Crippen molar-refractivity contribution in [1.82, 2.24) is 5.06 Å². The predicted octanol–water partition coefficient (Wildman–Crippen LogP) is 3.94. The molecule has 110 valence electrons. The van der Waals surface area contributed by atoms with Crippen LogP contribution in [0.25, 0.3) is 0 Å². The van der Waals surface area contributed by atoms with E-state index in [1.165, 1.54) is 0 Å². The van der Waals surface area contributed by atoms with Gasteiger partial charge in [-0.15, -0.1) is 5.06 Å². The Morgan fingerprint density at radius 1 is 0.905 bits per heavy atom. The van der Waals surface area contributed by atoms with Gasteiger partial charge < -0.3 is 4.74 Å². The first kappa shape index (κ1) is 14.1. The quantitative estimate of drug-likeness (QED) is 0.798. The van der Waals surface area contributed by atoms with E-state index in [1.807, 2.05) is 30.3 Å². The molecule has 1 saturated heterocycles. The Morgan fingerprint density at radius 3 is 1.95 bits per heavy atom. The molecule has 1 aliphatic rings. The van der Waals surface area contributed by atoms with E-state index in [9.17, 15) is 0 Å². The van der Waals surface area contributed by atoms with Crippen molar-refractivity contribution < 1.29 is 9.57 Å². The van der Waals surface area contributed by atoms with Crippen LogP contribution in [0.5, 0.6) is 5.75 Å². The predicted molar refractivity (Wildman–Crippen MR) is 82.9 cm³/mol. The molecule has 0 radical (unpaired) electrons. The highest BCUT2D eigenvalue weighted by Gasteiger charge is 2.62. The Labute approximate surface area is 126 Å². The summed E-state index contributed by atoms with van der Waals surface area (Å²) in [6.07, 6.45) is 0. The SMILES string of the molecule is COc1ccc([C@@]2(c3ccccc3)ON2C(C)(C)C)cc1. The topological polar surface area (TPSA) is 24.8 Å². The van der Waals surface area contributed by atoms with E-state index in [0.717, 1.165) is 16.9 Å². The molecule has 1 aliphatic heterocycles. The summed E-state index contributed by atoms with van der Waals surface area (Å²) in [7, 11) is 1.68. The molecule has 0 saturated carbocycles. The Hall–Kier alpha value is -1.84. The molecule has 0 amide bonds. The monoisotopic (exact) mass is 283 g/mol. The zero-order chi connectivity index (χ0) is 15.1. The van der Waals surface area contributed by atoms with Crippen LogP contribution in [0.1, 0.15) is 31.9 Å². The van der Waals surface area contributed by atoms with Crippen LogP contribution in [-0.2, 0) is 10.6 Å². The first-order chi connectivity index (χ1) is 9.98. The lowest BCUT2D eigenvalue weighted by Crippen LogP contribution is -2.32. The molecular weight excluding hydrogens is 262 g/mol. The summed E-state index contributed by atoms with van der Waals surface area (Å²) in [6, 6.07) is 18.4. The van der Waals surface area contributed by atoms with Crippen LogP contribution >= 0.6 is 0 Å². The number of hydrogen-bond donors (Lipinski definition) is 0. The van der Waals surface area contributed by atoms with Gasteiger partial charge in [-0.2, -0.15) is 0 Å². The van der Waals surface area contributed by atoms with Crippen LogP contribution in [0.3, 0.4) is 0 Å². The van der Waals surface area contributed by atoms with Crippen molar-refractivity contribution in [3.05, 3.63) is 65.7 Å². The second-order valence-corrected chi connectivity index (χ2v) is 6.30. The molecule has 1 fully saturated rings. The molecule has 3 rings (SSSR count). The summed E-state index contributed by atoms with van der Waals surface area (Å²) in [5, 5.41) is 2.05. The van der Waals surface area contributed by atoms with Crippen LogP contribution in [-0.4, -0.2) is 17.7 Å². The smallest absolute Gasteiger partial charge is 0.216 e. The molecule has 0 spiro atoms. The van der Waals surface area contributed by atoms with Gasteiger partial charge in [0.15, 0.2) is 0 Å². The normalized spacial score (nSPS) is 24.7. The maximum absolute atomic E-state index is 6.11. The number of rotatable bonds is 3. The van der Waals surface area contributed by atoms with Gasteiger partial charge in [0.2, 0.25) is 5.72 Å². The molecule has 0 aliphatic carbocycles. The third kappa shape index (κ3) is 2.33. The maximum Gasteiger partial charge on any atom is 0.216 e. The molecule has 1 heterocycles. The molecule has 0 N–H and O–H groups in total. The minimum Gasteiger partial charge on any atom is -0.497 e. The van der Waals surface area contributed by atoms with E-state index < -0.39 is 5.72 Å². The van der Waals surface area contributed by atoms with Gasteiger partial charge in [-0.1, -0.05) is 42.5 Å². The Morgan fingerprint density at radius 2 is 1.48 bits per heavy atom.